The Hall–Kier alpha value is -3.08. The number of methoxy groups -OCH3 is 1. The Kier molecular flexibility index (Phi) is 4.92. The Labute approximate surface area is 159 Å². The van der Waals surface area contributed by atoms with Crippen LogP contribution >= 0.6 is 0 Å². The number of aromatic nitrogens is 2. The van der Waals surface area contributed by atoms with E-state index in [1.165, 1.54) is 0 Å². The van der Waals surface area contributed by atoms with E-state index in [0.29, 0.717) is 12.1 Å². The third-order valence-corrected chi connectivity index (χ3v) is 5.08. The second-order valence-electron chi connectivity index (χ2n) is 6.84. The first-order valence-corrected chi connectivity index (χ1v) is 9.26. The molecule has 1 amide bonds. The van der Waals surface area contributed by atoms with Gasteiger partial charge in [-0.3, -0.25) is 9.48 Å². The lowest BCUT2D eigenvalue weighted by Crippen LogP contribution is -2.30. The van der Waals surface area contributed by atoms with Crippen LogP contribution in [0.2, 0.25) is 0 Å². The van der Waals surface area contributed by atoms with Crippen molar-refractivity contribution in [2.24, 2.45) is 0 Å². The SMILES string of the molecule is COc1ccc(C2CCCN2C(=O)c2cnn(Cc3ccccc3)c2)cc1. The van der Waals surface area contributed by atoms with Crippen molar-refractivity contribution in [3.8, 4) is 5.75 Å². The zero-order chi connectivity index (χ0) is 18.6. The van der Waals surface area contributed by atoms with Crippen LogP contribution in [0.25, 0.3) is 0 Å². The summed E-state index contributed by atoms with van der Waals surface area (Å²) in [4.78, 5) is 15.0. The maximum Gasteiger partial charge on any atom is 0.257 e. The van der Waals surface area contributed by atoms with Crippen molar-refractivity contribution in [3.63, 3.8) is 0 Å². The molecule has 1 unspecified atom stereocenters. The Bertz CT molecular complexity index is 903. The number of amides is 1. The van der Waals surface area contributed by atoms with Crippen molar-refractivity contribution in [2.45, 2.75) is 25.4 Å². The molecular formula is C22H23N3O2. The highest BCUT2D eigenvalue weighted by molar-refractivity contribution is 5.94. The zero-order valence-corrected chi connectivity index (χ0v) is 15.4. The molecule has 0 saturated carbocycles. The van der Waals surface area contributed by atoms with Gasteiger partial charge in [-0.05, 0) is 36.1 Å². The van der Waals surface area contributed by atoms with Gasteiger partial charge in [-0.15, -0.1) is 0 Å². The van der Waals surface area contributed by atoms with Crippen LogP contribution in [0.3, 0.4) is 0 Å². The van der Waals surface area contributed by atoms with E-state index in [1.54, 1.807) is 13.3 Å². The fourth-order valence-electron chi connectivity index (χ4n) is 3.68. The largest absolute Gasteiger partial charge is 0.497 e. The summed E-state index contributed by atoms with van der Waals surface area (Å²) in [6, 6.07) is 18.2. The molecule has 138 valence electrons. The van der Waals surface area contributed by atoms with Crippen LogP contribution in [0.5, 0.6) is 5.75 Å². The Balaban J connectivity index is 1.49. The van der Waals surface area contributed by atoms with Crippen molar-refractivity contribution in [1.29, 1.82) is 0 Å². The van der Waals surface area contributed by atoms with E-state index in [4.69, 9.17) is 4.74 Å². The number of rotatable bonds is 5. The molecule has 0 radical (unpaired) electrons. The van der Waals surface area contributed by atoms with Gasteiger partial charge in [0.1, 0.15) is 5.75 Å². The molecule has 5 nitrogen and oxygen atoms in total. The van der Waals surface area contributed by atoms with Gasteiger partial charge in [0.05, 0.1) is 31.5 Å². The van der Waals surface area contributed by atoms with E-state index >= 15 is 0 Å². The Morgan fingerprint density at radius 1 is 1.15 bits per heavy atom. The molecule has 1 aliphatic heterocycles. The van der Waals surface area contributed by atoms with E-state index < -0.39 is 0 Å². The van der Waals surface area contributed by atoms with Crippen LogP contribution < -0.4 is 4.74 Å². The normalized spacial score (nSPS) is 16.5. The summed E-state index contributed by atoms with van der Waals surface area (Å²) in [5.41, 5.74) is 2.96. The van der Waals surface area contributed by atoms with Gasteiger partial charge in [-0.1, -0.05) is 42.5 Å². The van der Waals surface area contributed by atoms with E-state index in [2.05, 4.69) is 17.2 Å². The van der Waals surface area contributed by atoms with E-state index in [0.717, 1.165) is 36.3 Å². The summed E-state index contributed by atoms with van der Waals surface area (Å²) in [7, 11) is 1.66. The third kappa shape index (κ3) is 3.72. The van der Waals surface area contributed by atoms with Gasteiger partial charge in [0.2, 0.25) is 0 Å². The molecule has 0 bridgehead atoms. The molecule has 2 aromatic carbocycles. The monoisotopic (exact) mass is 361 g/mol. The summed E-state index contributed by atoms with van der Waals surface area (Å²) in [5.74, 6) is 0.879. The van der Waals surface area contributed by atoms with Gasteiger partial charge in [-0.2, -0.15) is 5.10 Å². The minimum Gasteiger partial charge on any atom is -0.497 e. The topological polar surface area (TPSA) is 47.4 Å². The number of likely N-dealkylation sites (tertiary alicyclic amines) is 1. The average Bonchev–Trinajstić information content (AvgIpc) is 3.38. The molecule has 2 heterocycles. The fraction of sp³-hybridized carbons (Fsp3) is 0.273. The minimum atomic E-state index is 0.0487. The zero-order valence-electron chi connectivity index (χ0n) is 15.4. The maximum absolute atomic E-state index is 13.1. The summed E-state index contributed by atoms with van der Waals surface area (Å²) in [5, 5.41) is 4.38. The molecule has 1 fully saturated rings. The van der Waals surface area contributed by atoms with Crippen molar-refractivity contribution in [2.75, 3.05) is 13.7 Å². The van der Waals surface area contributed by atoms with Gasteiger partial charge < -0.3 is 9.64 Å². The van der Waals surface area contributed by atoms with Crippen molar-refractivity contribution in [1.82, 2.24) is 14.7 Å². The lowest BCUT2D eigenvalue weighted by Gasteiger charge is -2.24. The van der Waals surface area contributed by atoms with E-state index in [1.807, 2.05) is 58.2 Å². The molecule has 1 atom stereocenters. The molecule has 0 spiro atoms. The molecule has 1 saturated heterocycles. The third-order valence-electron chi connectivity index (χ3n) is 5.08. The summed E-state index contributed by atoms with van der Waals surface area (Å²) >= 11 is 0. The molecule has 4 rings (SSSR count). The summed E-state index contributed by atoms with van der Waals surface area (Å²) < 4.78 is 7.06. The molecule has 1 aliphatic rings. The van der Waals surface area contributed by atoms with Crippen LogP contribution in [0.15, 0.2) is 67.0 Å². The predicted octanol–water partition coefficient (Wildman–Crippen LogP) is 3.92. The van der Waals surface area contributed by atoms with Crippen LogP contribution in [0, 0.1) is 0 Å². The van der Waals surface area contributed by atoms with Gasteiger partial charge in [0, 0.05) is 12.7 Å². The van der Waals surface area contributed by atoms with Gasteiger partial charge in [0.25, 0.3) is 5.91 Å². The molecule has 3 aromatic rings. The lowest BCUT2D eigenvalue weighted by atomic mass is 10.0. The quantitative estimate of drug-likeness (QED) is 0.692. The molecule has 0 aliphatic carbocycles. The number of hydrogen-bond acceptors (Lipinski definition) is 3. The molecule has 0 N–H and O–H groups in total. The maximum atomic E-state index is 13.1. The number of nitrogens with zero attached hydrogens (tertiary/aromatic N) is 3. The average molecular weight is 361 g/mol. The molecular weight excluding hydrogens is 338 g/mol. The Morgan fingerprint density at radius 3 is 2.67 bits per heavy atom. The van der Waals surface area contributed by atoms with E-state index in [9.17, 15) is 4.79 Å². The number of ether oxygens (including phenoxy) is 1. The van der Waals surface area contributed by atoms with Gasteiger partial charge in [0.15, 0.2) is 0 Å². The van der Waals surface area contributed by atoms with Crippen LogP contribution in [-0.4, -0.2) is 34.2 Å². The second kappa shape index (κ2) is 7.66. The first-order chi connectivity index (χ1) is 13.2. The van der Waals surface area contributed by atoms with Crippen molar-refractivity contribution >= 4 is 5.91 Å². The van der Waals surface area contributed by atoms with Crippen LogP contribution in [0.4, 0.5) is 0 Å². The van der Waals surface area contributed by atoms with Gasteiger partial charge in [-0.25, -0.2) is 0 Å². The van der Waals surface area contributed by atoms with E-state index in [-0.39, 0.29) is 11.9 Å². The minimum absolute atomic E-state index is 0.0487. The molecule has 1 aromatic heterocycles. The van der Waals surface area contributed by atoms with Crippen molar-refractivity contribution < 1.29 is 9.53 Å². The van der Waals surface area contributed by atoms with Crippen LogP contribution in [0.1, 0.15) is 40.4 Å². The summed E-state index contributed by atoms with van der Waals surface area (Å²) in [6.07, 6.45) is 5.52. The Morgan fingerprint density at radius 2 is 1.93 bits per heavy atom. The highest BCUT2D eigenvalue weighted by Gasteiger charge is 2.31. The molecule has 27 heavy (non-hydrogen) atoms. The number of carbonyl (C=O) groups is 1. The van der Waals surface area contributed by atoms with Crippen molar-refractivity contribution in [3.05, 3.63) is 83.7 Å². The number of carbonyl (C=O) groups excluding carboxylic acids is 1. The highest BCUT2D eigenvalue weighted by atomic mass is 16.5. The summed E-state index contributed by atoms with van der Waals surface area (Å²) in [6.45, 7) is 1.44. The highest BCUT2D eigenvalue weighted by Crippen LogP contribution is 2.33. The number of hydrogen-bond donors (Lipinski definition) is 0. The first-order valence-electron chi connectivity index (χ1n) is 9.26. The lowest BCUT2D eigenvalue weighted by molar-refractivity contribution is 0.0735. The first kappa shape index (κ1) is 17.3. The predicted molar refractivity (Wildman–Crippen MR) is 104 cm³/mol. The molecule has 5 heteroatoms. The smallest absolute Gasteiger partial charge is 0.257 e. The van der Waals surface area contributed by atoms with Gasteiger partial charge >= 0.3 is 0 Å². The van der Waals surface area contributed by atoms with Crippen LogP contribution in [-0.2, 0) is 6.54 Å². The fourth-order valence-corrected chi connectivity index (χ4v) is 3.68. The standard InChI is InChI=1S/C22H23N3O2/c1-27-20-11-9-18(10-12-20)21-8-5-13-25(21)22(26)19-14-23-24(16-19)15-17-6-3-2-4-7-17/h2-4,6-7,9-12,14,16,21H,5,8,13,15H2,1H3. The number of benzene rings is 2. The second-order valence-corrected chi connectivity index (χ2v) is 6.84.